The Bertz CT molecular complexity index is 1250. The Hall–Kier alpha value is -3.32. The number of aliphatic hydroxyl groups is 1. The fourth-order valence-electron chi connectivity index (χ4n) is 5.28. The number of esters is 1. The number of aromatic amines is 1. The second kappa shape index (κ2) is 11.4. The molecule has 0 saturated heterocycles. The average Bonchev–Trinajstić information content (AvgIpc) is 3.26. The molecule has 0 unspecified atom stereocenters. The number of ether oxygens (including phenoxy) is 2. The van der Waals surface area contributed by atoms with Crippen LogP contribution in [0.4, 0.5) is 4.79 Å². The van der Waals surface area contributed by atoms with Crippen LogP contribution < -0.4 is 0 Å². The Morgan fingerprint density at radius 1 is 1.08 bits per heavy atom. The first kappa shape index (κ1) is 26.7. The van der Waals surface area contributed by atoms with Crippen LogP contribution in [0.5, 0.6) is 0 Å². The summed E-state index contributed by atoms with van der Waals surface area (Å²) in [5.74, 6) is 0.0450. The first-order chi connectivity index (χ1) is 17.7. The molecule has 1 aromatic heterocycles. The van der Waals surface area contributed by atoms with Crippen LogP contribution in [0.15, 0.2) is 42.5 Å². The molecule has 1 saturated carbocycles. The standard InChI is InChI=1S/C30H38N2O5/c1-30(2,3)37-29(35)32(16-17-33)19-22-12-8-9-13-23(22)27-26(20-10-6-5-7-11-20)24-15-14-21(28(34)36-4)18-25(24)31-27/h8-9,12-15,18,20,31,33H,5-7,10-11,16-17,19H2,1-4H3. The van der Waals surface area contributed by atoms with Crippen LogP contribution >= 0.6 is 0 Å². The van der Waals surface area contributed by atoms with Crippen LogP contribution in [-0.4, -0.2) is 52.9 Å². The lowest BCUT2D eigenvalue weighted by atomic mass is 9.81. The summed E-state index contributed by atoms with van der Waals surface area (Å²) in [6, 6.07) is 13.8. The van der Waals surface area contributed by atoms with Crippen molar-refractivity contribution in [3.8, 4) is 11.3 Å². The lowest BCUT2D eigenvalue weighted by Gasteiger charge is -2.28. The van der Waals surface area contributed by atoms with Gasteiger partial charge in [-0.1, -0.05) is 49.6 Å². The minimum Gasteiger partial charge on any atom is -0.465 e. The quantitative estimate of drug-likeness (QED) is 0.362. The van der Waals surface area contributed by atoms with Crippen LogP contribution in [0, 0.1) is 0 Å². The molecule has 0 radical (unpaired) electrons. The highest BCUT2D eigenvalue weighted by molar-refractivity contribution is 5.98. The highest BCUT2D eigenvalue weighted by Crippen LogP contribution is 2.43. The van der Waals surface area contributed by atoms with Crippen LogP contribution in [-0.2, 0) is 16.0 Å². The summed E-state index contributed by atoms with van der Waals surface area (Å²) in [7, 11) is 1.39. The number of carbonyl (C=O) groups excluding carboxylic acids is 2. The molecule has 7 heteroatoms. The molecule has 0 atom stereocenters. The molecule has 0 aliphatic heterocycles. The van der Waals surface area contributed by atoms with E-state index in [4.69, 9.17) is 9.47 Å². The molecule has 1 fully saturated rings. The summed E-state index contributed by atoms with van der Waals surface area (Å²) in [4.78, 5) is 30.3. The number of rotatable bonds is 7. The Balaban J connectivity index is 1.80. The molecule has 7 nitrogen and oxygen atoms in total. The minimum absolute atomic E-state index is 0.155. The van der Waals surface area contributed by atoms with E-state index in [1.54, 1.807) is 4.90 Å². The molecule has 1 heterocycles. The van der Waals surface area contributed by atoms with Gasteiger partial charge in [0.25, 0.3) is 0 Å². The lowest BCUT2D eigenvalue weighted by Crippen LogP contribution is -2.38. The Labute approximate surface area is 218 Å². The monoisotopic (exact) mass is 506 g/mol. The van der Waals surface area contributed by atoms with Gasteiger partial charge in [0, 0.05) is 29.6 Å². The summed E-state index contributed by atoms with van der Waals surface area (Å²) >= 11 is 0. The molecule has 1 amide bonds. The molecular formula is C30H38N2O5. The van der Waals surface area contributed by atoms with Gasteiger partial charge in [0.2, 0.25) is 0 Å². The van der Waals surface area contributed by atoms with Gasteiger partial charge >= 0.3 is 12.1 Å². The predicted molar refractivity (Wildman–Crippen MR) is 145 cm³/mol. The van der Waals surface area contributed by atoms with Gasteiger partial charge in [-0.05, 0) is 62.8 Å². The first-order valence-corrected chi connectivity index (χ1v) is 13.1. The summed E-state index contributed by atoms with van der Waals surface area (Å²) < 4.78 is 10.6. The Kier molecular flexibility index (Phi) is 8.22. The van der Waals surface area contributed by atoms with Crippen molar-refractivity contribution in [3.05, 3.63) is 59.2 Å². The van der Waals surface area contributed by atoms with E-state index in [2.05, 4.69) is 11.1 Å². The van der Waals surface area contributed by atoms with Crippen molar-refractivity contribution in [2.24, 2.45) is 0 Å². The van der Waals surface area contributed by atoms with E-state index < -0.39 is 11.7 Å². The van der Waals surface area contributed by atoms with Gasteiger partial charge in [-0.15, -0.1) is 0 Å². The Morgan fingerprint density at radius 3 is 2.49 bits per heavy atom. The number of carbonyl (C=O) groups is 2. The number of methoxy groups -OCH3 is 1. The second-order valence-electron chi connectivity index (χ2n) is 10.8. The van der Waals surface area contributed by atoms with Gasteiger partial charge in [-0.3, -0.25) is 0 Å². The van der Waals surface area contributed by atoms with E-state index >= 15 is 0 Å². The maximum atomic E-state index is 12.9. The van der Waals surface area contributed by atoms with Gasteiger partial charge in [0.05, 0.1) is 25.0 Å². The van der Waals surface area contributed by atoms with Crippen LogP contribution in [0.3, 0.4) is 0 Å². The van der Waals surface area contributed by atoms with E-state index in [0.29, 0.717) is 18.0 Å². The van der Waals surface area contributed by atoms with Crippen molar-refractivity contribution < 1.29 is 24.2 Å². The van der Waals surface area contributed by atoms with E-state index in [0.717, 1.165) is 40.6 Å². The number of aromatic nitrogens is 1. The summed E-state index contributed by atoms with van der Waals surface area (Å²) in [5.41, 5.74) is 5.02. The van der Waals surface area contributed by atoms with Gasteiger partial charge < -0.3 is 24.5 Å². The van der Waals surface area contributed by atoms with Crippen molar-refractivity contribution in [1.29, 1.82) is 0 Å². The lowest BCUT2D eigenvalue weighted by molar-refractivity contribution is 0.0202. The van der Waals surface area contributed by atoms with Crippen LogP contribution in [0.25, 0.3) is 22.2 Å². The zero-order chi connectivity index (χ0) is 26.6. The van der Waals surface area contributed by atoms with Gasteiger partial charge in [0.15, 0.2) is 0 Å². The van der Waals surface area contributed by atoms with E-state index in [1.165, 1.54) is 31.9 Å². The molecule has 3 aromatic rings. The fraction of sp³-hybridized carbons (Fsp3) is 0.467. The molecule has 0 spiro atoms. The van der Waals surface area contributed by atoms with Crippen molar-refractivity contribution in [2.45, 2.75) is 70.9 Å². The number of benzene rings is 2. The second-order valence-corrected chi connectivity index (χ2v) is 10.8. The molecule has 198 valence electrons. The van der Waals surface area contributed by atoms with Gasteiger partial charge in [-0.2, -0.15) is 0 Å². The smallest absolute Gasteiger partial charge is 0.410 e. The molecule has 1 aliphatic rings. The van der Waals surface area contributed by atoms with E-state index in [9.17, 15) is 14.7 Å². The third-order valence-electron chi connectivity index (χ3n) is 6.94. The van der Waals surface area contributed by atoms with E-state index in [-0.39, 0.29) is 19.1 Å². The number of hydrogen-bond donors (Lipinski definition) is 2. The largest absolute Gasteiger partial charge is 0.465 e. The maximum Gasteiger partial charge on any atom is 0.410 e. The van der Waals surface area contributed by atoms with Crippen molar-refractivity contribution in [3.63, 3.8) is 0 Å². The highest BCUT2D eigenvalue weighted by atomic mass is 16.6. The van der Waals surface area contributed by atoms with Crippen LogP contribution in [0.1, 0.15) is 80.3 Å². The normalized spacial score (nSPS) is 14.5. The third kappa shape index (κ3) is 6.16. The zero-order valence-electron chi connectivity index (χ0n) is 22.3. The summed E-state index contributed by atoms with van der Waals surface area (Å²) in [6.45, 7) is 5.82. The summed E-state index contributed by atoms with van der Waals surface area (Å²) in [6.07, 6.45) is 5.43. The number of nitrogens with zero attached hydrogens (tertiary/aromatic N) is 1. The number of amides is 1. The van der Waals surface area contributed by atoms with Crippen molar-refractivity contribution in [1.82, 2.24) is 9.88 Å². The number of H-pyrrole nitrogens is 1. The number of fused-ring (bicyclic) bond motifs is 1. The molecule has 2 N–H and O–H groups in total. The highest BCUT2D eigenvalue weighted by Gasteiger charge is 2.27. The molecule has 4 rings (SSSR count). The van der Waals surface area contributed by atoms with Gasteiger partial charge in [-0.25, -0.2) is 9.59 Å². The molecule has 2 aromatic carbocycles. The fourth-order valence-corrected chi connectivity index (χ4v) is 5.28. The number of aliphatic hydroxyl groups excluding tert-OH is 1. The maximum absolute atomic E-state index is 12.9. The van der Waals surface area contributed by atoms with Gasteiger partial charge in [0.1, 0.15) is 5.60 Å². The average molecular weight is 507 g/mol. The van der Waals surface area contributed by atoms with Crippen molar-refractivity contribution >= 4 is 23.0 Å². The first-order valence-electron chi connectivity index (χ1n) is 13.1. The zero-order valence-corrected chi connectivity index (χ0v) is 22.3. The Morgan fingerprint density at radius 2 is 1.81 bits per heavy atom. The molecule has 1 aliphatic carbocycles. The number of nitrogens with one attached hydrogen (secondary N) is 1. The third-order valence-corrected chi connectivity index (χ3v) is 6.94. The number of hydrogen-bond acceptors (Lipinski definition) is 5. The van der Waals surface area contributed by atoms with Crippen LogP contribution in [0.2, 0.25) is 0 Å². The predicted octanol–water partition coefficient (Wildman–Crippen LogP) is 6.40. The molecule has 0 bridgehead atoms. The van der Waals surface area contributed by atoms with Crippen molar-refractivity contribution in [2.75, 3.05) is 20.3 Å². The minimum atomic E-state index is -0.632. The molecular weight excluding hydrogens is 468 g/mol. The topological polar surface area (TPSA) is 91.9 Å². The SMILES string of the molecule is COC(=O)c1ccc2c(C3CCCCC3)c(-c3ccccc3CN(CCO)C(=O)OC(C)(C)C)[nH]c2c1. The molecule has 37 heavy (non-hydrogen) atoms. The summed E-state index contributed by atoms with van der Waals surface area (Å²) in [5, 5.41) is 10.8. The van der Waals surface area contributed by atoms with E-state index in [1.807, 2.05) is 57.2 Å².